The van der Waals surface area contributed by atoms with Crippen LogP contribution in [0.15, 0.2) is 53.0 Å². The second-order valence-electron chi connectivity index (χ2n) is 3.75. The smallest absolute Gasteiger partial charge is 0.387 e. The first-order chi connectivity index (χ1) is 9.15. The summed E-state index contributed by atoms with van der Waals surface area (Å²) in [6.07, 6.45) is 0. The van der Waals surface area contributed by atoms with Crippen molar-refractivity contribution < 1.29 is 18.3 Å². The fourth-order valence-corrected chi connectivity index (χ4v) is 1.96. The average molecular weight is 329 g/mol. The number of benzene rings is 2. The molecule has 0 atom stereocenters. The Morgan fingerprint density at radius 1 is 1.05 bits per heavy atom. The van der Waals surface area contributed by atoms with E-state index in [1.807, 2.05) is 30.3 Å². The second kappa shape index (κ2) is 6.52. The molecule has 0 unspecified atom stereocenters. The van der Waals surface area contributed by atoms with Crippen molar-refractivity contribution in [2.75, 3.05) is 0 Å². The van der Waals surface area contributed by atoms with Crippen molar-refractivity contribution in [2.45, 2.75) is 13.2 Å². The van der Waals surface area contributed by atoms with Gasteiger partial charge in [-0.05, 0) is 39.7 Å². The molecule has 0 bridgehead atoms. The van der Waals surface area contributed by atoms with Gasteiger partial charge in [-0.1, -0.05) is 30.3 Å². The molecule has 5 heteroatoms. The number of halogens is 3. The van der Waals surface area contributed by atoms with Crippen molar-refractivity contribution in [1.82, 2.24) is 0 Å². The summed E-state index contributed by atoms with van der Waals surface area (Å²) in [5.41, 5.74) is 1.03. The van der Waals surface area contributed by atoms with E-state index in [0.29, 0.717) is 16.8 Å². The predicted octanol–water partition coefficient (Wildman–Crippen LogP) is 4.63. The van der Waals surface area contributed by atoms with Gasteiger partial charge < -0.3 is 9.47 Å². The van der Waals surface area contributed by atoms with E-state index >= 15 is 0 Å². The predicted molar refractivity (Wildman–Crippen MR) is 71.5 cm³/mol. The molecule has 2 aromatic rings. The lowest BCUT2D eigenvalue weighted by Gasteiger charge is -2.10. The molecule has 0 spiro atoms. The summed E-state index contributed by atoms with van der Waals surface area (Å²) >= 11 is 3.16. The highest BCUT2D eigenvalue weighted by atomic mass is 79.9. The maximum Gasteiger partial charge on any atom is 0.387 e. The first-order valence-corrected chi connectivity index (χ1v) is 6.35. The highest BCUT2D eigenvalue weighted by Crippen LogP contribution is 2.30. The summed E-state index contributed by atoms with van der Waals surface area (Å²) in [5, 5.41) is 0. The molecular weight excluding hydrogens is 318 g/mol. The van der Waals surface area contributed by atoms with Crippen molar-refractivity contribution in [1.29, 1.82) is 0 Å². The van der Waals surface area contributed by atoms with Gasteiger partial charge in [0.15, 0.2) is 0 Å². The molecule has 2 rings (SSSR count). The van der Waals surface area contributed by atoms with Crippen molar-refractivity contribution >= 4 is 15.9 Å². The Morgan fingerprint density at radius 3 is 2.42 bits per heavy atom. The molecule has 0 amide bonds. The van der Waals surface area contributed by atoms with Gasteiger partial charge in [-0.2, -0.15) is 8.78 Å². The number of rotatable bonds is 5. The largest absolute Gasteiger partial charge is 0.489 e. The van der Waals surface area contributed by atoms with Gasteiger partial charge in [0.2, 0.25) is 0 Å². The molecule has 0 heterocycles. The third kappa shape index (κ3) is 4.21. The average Bonchev–Trinajstić information content (AvgIpc) is 2.40. The van der Waals surface area contributed by atoms with Crippen LogP contribution in [0.3, 0.4) is 0 Å². The lowest BCUT2D eigenvalue weighted by atomic mass is 10.2. The Morgan fingerprint density at radius 2 is 1.79 bits per heavy atom. The van der Waals surface area contributed by atoms with Crippen molar-refractivity contribution in [3.05, 3.63) is 58.6 Å². The molecule has 0 radical (unpaired) electrons. The molecule has 2 nitrogen and oxygen atoms in total. The normalized spacial score (nSPS) is 10.5. The third-order valence-electron chi connectivity index (χ3n) is 2.37. The number of hydrogen-bond donors (Lipinski definition) is 0. The third-order valence-corrected chi connectivity index (χ3v) is 2.99. The Kier molecular flexibility index (Phi) is 4.74. The lowest BCUT2D eigenvalue weighted by Crippen LogP contribution is -2.02. The fourth-order valence-electron chi connectivity index (χ4n) is 1.50. The lowest BCUT2D eigenvalue weighted by molar-refractivity contribution is -0.0503. The molecule has 0 N–H and O–H groups in total. The van der Waals surface area contributed by atoms with Gasteiger partial charge in [0.25, 0.3) is 0 Å². The van der Waals surface area contributed by atoms with Gasteiger partial charge in [-0.15, -0.1) is 0 Å². The van der Waals surface area contributed by atoms with E-state index < -0.39 is 6.61 Å². The van der Waals surface area contributed by atoms with Gasteiger partial charge >= 0.3 is 6.61 Å². The van der Waals surface area contributed by atoms with E-state index in [0.717, 1.165) is 5.56 Å². The fraction of sp³-hybridized carbons (Fsp3) is 0.143. The highest BCUT2D eigenvalue weighted by molar-refractivity contribution is 9.10. The van der Waals surface area contributed by atoms with Crippen LogP contribution in [0.1, 0.15) is 5.56 Å². The van der Waals surface area contributed by atoms with Gasteiger partial charge in [-0.25, -0.2) is 0 Å². The van der Waals surface area contributed by atoms with Crippen LogP contribution in [0.25, 0.3) is 0 Å². The molecule has 100 valence electrons. The monoisotopic (exact) mass is 328 g/mol. The van der Waals surface area contributed by atoms with Crippen molar-refractivity contribution in [2.24, 2.45) is 0 Å². The van der Waals surface area contributed by atoms with Crippen LogP contribution in [-0.4, -0.2) is 6.61 Å². The molecule has 2 aromatic carbocycles. The van der Waals surface area contributed by atoms with Gasteiger partial charge in [0.1, 0.15) is 18.1 Å². The molecule has 19 heavy (non-hydrogen) atoms. The summed E-state index contributed by atoms with van der Waals surface area (Å²) in [4.78, 5) is 0. The first-order valence-electron chi connectivity index (χ1n) is 5.56. The summed E-state index contributed by atoms with van der Waals surface area (Å²) in [7, 11) is 0. The van der Waals surface area contributed by atoms with Crippen LogP contribution in [0, 0.1) is 0 Å². The Bertz CT molecular complexity index is 532. The topological polar surface area (TPSA) is 18.5 Å². The van der Waals surface area contributed by atoms with Crippen LogP contribution >= 0.6 is 15.9 Å². The van der Waals surface area contributed by atoms with E-state index in [2.05, 4.69) is 20.7 Å². The number of ether oxygens (including phenoxy) is 2. The molecule has 0 aliphatic rings. The first kappa shape index (κ1) is 13.8. The van der Waals surface area contributed by atoms with Crippen LogP contribution in [0.2, 0.25) is 0 Å². The highest BCUT2D eigenvalue weighted by Gasteiger charge is 2.09. The molecule has 0 saturated carbocycles. The van der Waals surface area contributed by atoms with Crippen molar-refractivity contribution in [3.63, 3.8) is 0 Å². The van der Waals surface area contributed by atoms with Crippen LogP contribution < -0.4 is 9.47 Å². The molecule has 0 aliphatic carbocycles. The second-order valence-corrected chi connectivity index (χ2v) is 4.60. The van der Waals surface area contributed by atoms with Crippen molar-refractivity contribution in [3.8, 4) is 11.5 Å². The maximum absolute atomic E-state index is 12.1. The molecule has 0 aromatic heterocycles. The Labute approximate surface area is 118 Å². The minimum Gasteiger partial charge on any atom is -0.489 e. The Balaban J connectivity index is 2.00. The maximum atomic E-state index is 12.1. The van der Waals surface area contributed by atoms with E-state index in [-0.39, 0.29) is 5.75 Å². The van der Waals surface area contributed by atoms with Crippen LogP contribution in [-0.2, 0) is 6.61 Å². The van der Waals surface area contributed by atoms with Gasteiger partial charge in [0.05, 0.1) is 4.47 Å². The summed E-state index contributed by atoms with van der Waals surface area (Å²) in [5.74, 6) is 0.666. The summed E-state index contributed by atoms with van der Waals surface area (Å²) in [6, 6.07) is 14.3. The molecule has 0 aliphatic heterocycles. The molecular formula is C14H11BrF2O2. The number of hydrogen-bond acceptors (Lipinski definition) is 2. The van der Waals surface area contributed by atoms with E-state index in [1.165, 1.54) is 6.07 Å². The summed E-state index contributed by atoms with van der Waals surface area (Å²) in [6.45, 7) is -2.42. The van der Waals surface area contributed by atoms with E-state index in [4.69, 9.17) is 4.74 Å². The molecule has 0 saturated heterocycles. The van der Waals surface area contributed by atoms with E-state index in [1.54, 1.807) is 12.1 Å². The Hall–Kier alpha value is -1.62. The van der Waals surface area contributed by atoms with Gasteiger partial charge in [0, 0.05) is 0 Å². The quantitative estimate of drug-likeness (QED) is 0.796. The zero-order valence-electron chi connectivity index (χ0n) is 9.85. The number of alkyl halides is 2. The minimum atomic E-state index is -2.84. The van der Waals surface area contributed by atoms with Crippen LogP contribution in [0.5, 0.6) is 11.5 Å². The zero-order chi connectivity index (χ0) is 13.7. The standard InChI is InChI=1S/C14H11BrF2O2/c15-12-8-11(6-7-13(12)19-14(16)17)18-9-10-4-2-1-3-5-10/h1-8,14H,9H2. The minimum absolute atomic E-state index is 0.0852. The van der Waals surface area contributed by atoms with E-state index in [9.17, 15) is 8.78 Å². The van der Waals surface area contributed by atoms with Gasteiger partial charge in [-0.3, -0.25) is 0 Å². The van der Waals surface area contributed by atoms with Crippen LogP contribution in [0.4, 0.5) is 8.78 Å². The molecule has 0 fully saturated rings. The zero-order valence-corrected chi connectivity index (χ0v) is 11.4. The SMILES string of the molecule is FC(F)Oc1ccc(OCc2ccccc2)cc1Br. The summed E-state index contributed by atoms with van der Waals surface area (Å²) < 4.78 is 34.5.